The number of rotatable bonds is 0. The van der Waals surface area contributed by atoms with Gasteiger partial charge in [0.15, 0.2) is 0 Å². The van der Waals surface area contributed by atoms with Gasteiger partial charge in [0.25, 0.3) is 0 Å². The molecule has 0 aliphatic rings. The summed E-state index contributed by atoms with van der Waals surface area (Å²) in [5.74, 6) is -0.0920. The second kappa shape index (κ2) is 2.22. The highest BCUT2D eigenvalue weighted by molar-refractivity contribution is 6.33. The van der Waals surface area contributed by atoms with Crippen molar-refractivity contribution in [1.82, 2.24) is 0 Å². The summed E-state index contributed by atoms with van der Waals surface area (Å²) in [4.78, 5) is 0. The molecule has 0 spiro atoms. The van der Waals surface area contributed by atoms with Gasteiger partial charge in [-0.2, -0.15) is 0 Å². The number of hydrogen-bond acceptors (Lipinski definition) is 0. The van der Waals surface area contributed by atoms with Crippen molar-refractivity contribution in [3.63, 3.8) is 0 Å². The average Bonchev–Trinajstić information content (AvgIpc) is 1.80. The Balaban J connectivity index is 3.17. The van der Waals surface area contributed by atoms with E-state index < -0.39 is 0 Å². The van der Waals surface area contributed by atoms with Gasteiger partial charge in [-0.25, -0.2) is 9.85 Å². The van der Waals surface area contributed by atoms with Crippen LogP contribution in [0.3, 0.4) is 0 Å². The van der Waals surface area contributed by atoms with Gasteiger partial charge in [0.05, 0.1) is 0 Å². The van der Waals surface area contributed by atoms with Crippen LogP contribution >= 0.6 is 0 Å². The monoisotopic (exact) mass is 123 g/mol. The van der Waals surface area contributed by atoms with Crippen LogP contribution in [0.5, 0.6) is 0 Å². The van der Waals surface area contributed by atoms with Gasteiger partial charge in [0, 0.05) is 0 Å². The van der Waals surface area contributed by atoms with E-state index in [4.69, 9.17) is 0 Å². The van der Waals surface area contributed by atoms with Crippen LogP contribution in [-0.2, 0) is 0 Å². The van der Waals surface area contributed by atoms with E-state index in [0.717, 1.165) is 0 Å². The Kier molecular flexibility index (Phi) is 1.56. The number of hydrogen-bond donors (Lipinski definition) is 0. The van der Waals surface area contributed by atoms with Crippen molar-refractivity contribution < 1.29 is 4.39 Å². The molecule has 48 valence electrons. The smallest absolute Gasteiger partial charge is 0.120 e. The van der Waals surface area contributed by atoms with Crippen LogP contribution < -0.4 is 5.46 Å². The maximum absolute atomic E-state index is 12.4. The lowest BCUT2D eigenvalue weighted by Crippen LogP contribution is -2.06. The maximum atomic E-state index is 12.4. The normalized spacial score (nSPS) is 9.67. The Morgan fingerprint density at radius 2 is 2.11 bits per heavy atom. The quantitative estimate of drug-likeness (QED) is 0.430. The molecule has 0 unspecified atom stereocenters. The molecule has 0 heterocycles. The molecule has 1 rings (SSSR count). The van der Waals surface area contributed by atoms with Gasteiger partial charge in [-0.15, -0.1) is 0 Å². The summed E-state index contributed by atoms with van der Waals surface area (Å²) in [6.45, 7) is 2.03. The molecule has 0 saturated carbocycles. The Morgan fingerprint density at radius 3 is 2.56 bits per heavy atom. The fourth-order valence-electron chi connectivity index (χ4n) is 0.484. The van der Waals surface area contributed by atoms with Crippen LogP contribution in [0.25, 0.3) is 0 Å². The van der Waals surface area contributed by atoms with E-state index in [1.807, 2.05) is 13.0 Å². The van der Waals surface area contributed by atoms with Gasteiger partial charge in [0.2, 0.25) is 0 Å². The van der Waals surface area contributed by atoms with Gasteiger partial charge in [-0.05, 0) is 20.8 Å². The molecular weight excluding hydrogens is 114 g/mol. The van der Waals surface area contributed by atoms with E-state index in [9.17, 15) is 4.39 Å². The summed E-state index contributed by atoms with van der Waals surface area (Å²) >= 11 is 0. The fraction of sp³-hybridized carbons (Fsp3) is 0.143. The highest BCUT2D eigenvalue weighted by atomic mass is 19.1. The Morgan fingerprint density at radius 1 is 1.44 bits per heavy atom. The molecule has 1 aromatic rings. The summed E-state index contributed by atoms with van der Waals surface area (Å²) in [7, 11) is 0.161. The molecule has 0 nitrogen and oxygen atoms in total. The van der Waals surface area contributed by atoms with Crippen molar-refractivity contribution in [2.45, 2.75) is 6.92 Å². The van der Waals surface area contributed by atoms with Gasteiger partial charge >= 0.3 is 0 Å². The van der Waals surface area contributed by atoms with Crippen molar-refractivity contribution in [3.8, 4) is 0 Å². The Bertz CT molecular complexity index is 220. The third-order valence-electron chi connectivity index (χ3n) is 0.930. The SMILES string of the molecule is [BH3-]c1cc(F)ccc1C. The molecule has 0 aliphatic heterocycles. The van der Waals surface area contributed by atoms with E-state index in [-0.39, 0.29) is 13.7 Å². The van der Waals surface area contributed by atoms with Crippen molar-refractivity contribution in [2.24, 2.45) is 0 Å². The molecular formula is C7H9BF-. The molecule has 0 fully saturated rings. The van der Waals surface area contributed by atoms with Crippen LogP contribution in [0.1, 0.15) is 5.56 Å². The van der Waals surface area contributed by atoms with E-state index in [2.05, 4.69) is 0 Å². The van der Waals surface area contributed by atoms with Crippen molar-refractivity contribution in [3.05, 3.63) is 29.6 Å². The zero-order valence-electron chi connectivity index (χ0n) is 4.61. The standard InChI is InChI=1S/C7H9BF/c1-5-2-3-6(9)4-7(5)8/h2-4H,1,8H3/q-1. The fourth-order valence-corrected chi connectivity index (χ4v) is 0.484. The maximum Gasteiger partial charge on any atom is 0.120 e. The molecule has 0 radical (unpaired) electrons. The zero-order valence-corrected chi connectivity index (χ0v) is 4.61. The molecule has 0 atom stereocenters. The minimum Gasteiger partial charge on any atom is -0.215 e. The average molecular weight is 123 g/mol. The minimum atomic E-state index is -0.0920. The second-order valence-corrected chi connectivity index (χ2v) is 1.69. The summed E-state index contributed by atoms with van der Waals surface area (Å²) in [5.41, 5.74) is 2.51. The molecule has 0 bridgehead atoms. The van der Waals surface area contributed by atoms with Crippen LogP contribution in [-0.4, -0.2) is 7.85 Å². The van der Waals surface area contributed by atoms with Crippen LogP contribution in [0, 0.1) is 12.7 Å². The second-order valence-electron chi connectivity index (χ2n) is 1.69. The summed E-state index contributed by atoms with van der Waals surface area (Å²) in [6.07, 6.45) is 0. The highest BCUT2D eigenvalue weighted by Gasteiger charge is 1.87. The largest absolute Gasteiger partial charge is 0.215 e. The molecule has 0 N–H and O–H groups in total. The summed E-state index contributed by atoms with van der Waals surface area (Å²) < 4.78 is 12.4. The predicted octanol–water partition coefficient (Wildman–Crippen LogP) is 0.125. The molecule has 1 aromatic carbocycles. The molecule has 9 heavy (non-hydrogen) atoms. The third kappa shape index (κ3) is 1.32. The van der Waals surface area contributed by atoms with Gasteiger partial charge in [-0.1, -0.05) is 17.7 Å². The van der Waals surface area contributed by atoms with E-state index in [1.54, 1.807) is 6.07 Å². The topological polar surface area (TPSA) is 0 Å². The first-order valence-corrected chi connectivity index (χ1v) is 2.43. The molecule has 0 amide bonds. The molecule has 0 saturated heterocycles. The van der Waals surface area contributed by atoms with E-state index >= 15 is 0 Å². The highest BCUT2D eigenvalue weighted by Crippen LogP contribution is 1.96. The Labute approximate surface area is 55.1 Å². The van der Waals surface area contributed by atoms with Crippen LogP contribution in [0.2, 0.25) is 0 Å². The number of benzene rings is 1. The molecule has 0 aliphatic carbocycles. The van der Waals surface area contributed by atoms with E-state index in [0.29, 0.717) is 0 Å². The number of halogens is 1. The van der Waals surface area contributed by atoms with Gasteiger partial charge in [0.1, 0.15) is 5.82 Å². The first-order chi connectivity index (χ1) is 4.20. The lowest BCUT2D eigenvalue weighted by Gasteiger charge is -2.01. The van der Waals surface area contributed by atoms with Crippen LogP contribution in [0.4, 0.5) is 4.39 Å². The summed E-state index contributed by atoms with van der Waals surface area (Å²) in [5, 5.41) is 0. The van der Waals surface area contributed by atoms with Crippen LogP contribution in [0.15, 0.2) is 18.2 Å². The van der Waals surface area contributed by atoms with Gasteiger partial charge < -0.3 is 0 Å². The Hall–Kier alpha value is -0.785. The number of aryl methyl sites for hydroxylation is 1. The molecule has 0 aromatic heterocycles. The first-order valence-electron chi connectivity index (χ1n) is 2.43. The molecule has 2 heteroatoms. The lowest BCUT2D eigenvalue weighted by molar-refractivity contribution is 0.628. The third-order valence-corrected chi connectivity index (χ3v) is 0.930. The van der Waals surface area contributed by atoms with Crippen molar-refractivity contribution in [2.75, 3.05) is 0 Å². The minimum absolute atomic E-state index is 0.0920. The lowest BCUT2D eigenvalue weighted by atomic mass is 9.91. The van der Waals surface area contributed by atoms with E-state index in [1.165, 1.54) is 17.1 Å². The van der Waals surface area contributed by atoms with Crippen molar-refractivity contribution in [1.29, 1.82) is 0 Å². The van der Waals surface area contributed by atoms with Crippen molar-refractivity contribution >= 4 is 13.3 Å². The van der Waals surface area contributed by atoms with Gasteiger partial charge in [-0.3, -0.25) is 0 Å². The first kappa shape index (κ1) is 6.34. The zero-order chi connectivity index (χ0) is 6.85. The predicted molar refractivity (Wildman–Crippen MR) is 40.7 cm³/mol. The summed E-state index contributed by atoms with van der Waals surface area (Å²) in [6, 6.07) is 5.01.